The number of para-hydroxylation sites is 1. The molecule has 1 N–H and O–H groups in total. The minimum absolute atomic E-state index is 0.133. The number of amides is 1. The Bertz CT molecular complexity index is 851. The van der Waals surface area contributed by atoms with Crippen LogP contribution in [-0.2, 0) is 6.54 Å². The van der Waals surface area contributed by atoms with Crippen LogP contribution in [0.5, 0.6) is 0 Å². The van der Waals surface area contributed by atoms with Gasteiger partial charge in [0.2, 0.25) is 5.82 Å². The second kappa shape index (κ2) is 6.88. The van der Waals surface area contributed by atoms with Gasteiger partial charge in [-0.05, 0) is 37.0 Å². The molecular weight excluding hydrogens is 316 g/mol. The van der Waals surface area contributed by atoms with Crippen molar-refractivity contribution in [3.8, 4) is 0 Å². The maximum Gasteiger partial charge on any atom is 0.291 e. The molecule has 3 aromatic rings. The zero-order chi connectivity index (χ0) is 17.1. The van der Waals surface area contributed by atoms with Crippen molar-refractivity contribution in [3.05, 3.63) is 54.1 Å². The normalized spacial score (nSPS) is 14.6. The summed E-state index contributed by atoms with van der Waals surface area (Å²) >= 11 is 0. The quantitative estimate of drug-likeness (QED) is 0.789. The van der Waals surface area contributed by atoms with E-state index in [4.69, 9.17) is 0 Å². The lowest BCUT2D eigenvalue weighted by molar-refractivity contribution is 0.0941. The van der Waals surface area contributed by atoms with Crippen LogP contribution in [0.3, 0.4) is 0 Å². The minimum Gasteiger partial charge on any atom is -0.371 e. The van der Waals surface area contributed by atoms with Crippen molar-refractivity contribution in [2.75, 3.05) is 18.0 Å². The summed E-state index contributed by atoms with van der Waals surface area (Å²) in [6.45, 7) is 2.60. The lowest BCUT2D eigenvalue weighted by atomic mass is 10.1. The van der Waals surface area contributed by atoms with Crippen molar-refractivity contribution in [1.29, 1.82) is 0 Å². The van der Waals surface area contributed by atoms with Crippen molar-refractivity contribution in [2.45, 2.75) is 25.8 Å². The molecule has 1 fully saturated rings. The van der Waals surface area contributed by atoms with Crippen LogP contribution < -0.4 is 10.2 Å². The van der Waals surface area contributed by atoms with Crippen molar-refractivity contribution in [3.63, 3.8) is 0 Å². The number of rotatable bonds is 4. The molecule has 0 radical (unpaired) electrons. The molecule has 3 heterocycles. The van der Waals surface area contributed by atoms with Gasteiger partial charge < -0.3 is 10.2 Å². The molecule has 7 nitrogen and oxygen atoms in total. The van der Waals surface area contributed by atoms with E-state index < -0.39 is 0 Å². The van der Waals surface area contributed by atoms with E-state index in [2.05, 4.69) is 37.4 Å². The van der Waals surface area contributed by atoms with Gasteiger partial charge in [-0.1, -0.05) is 18.2 Å². The lowest BCUT2D eigenvalue weighted by Gasteiger charge is -2.30. The number of anilines is 1. The highest BCUT2D eigenvalue weighted by molar-refractivity contribution is 5.90. The number of benzene rings is 1. The highest BCUT2D eigenvalue weighted by Crippen LogP contribution is 2.24. The number of hydrogen-bond donors (Lipinski definition) is 1. The maximum atomic E-state index is 12.4. The van der Waals surface area contributed by atoms with E-state index in [1.165, 1.54) is 29.5 Å². The van der Waals surface area contributed by atoms with Crippen molar-refractivity contribution in [1.82, 2.24) is 24.9 Å². The van der Waals surface area contributed by atoms with Crippen LogP contribution >= 0.6 is 0 Å². The van der Waals surface area contributed by atoms with Crippen LogP contribution in [0, 0.1) is 0 Å². The van der Waals surface area contributed by atoms with Crippen LogP contribution in [0.1, 0.15) is 35.4 Å². The fourth-order valence-electron chi connectivity index (χ4n) is 3.19. The number of aromatic nitrogens is 4. The number of nitrogens with zero attached hydrogens (tertiary/aromatic N) is 5. The Kier molecular flexibility index (Phi) is 4.28. The fourth-order valence-corrected chi connectivity index (χ4v) is 3.19. The number of fused-ring (bicyclic) bond motifs is 1. The lowest BCUT2D eigenvalue weighted by Crippen LogP contribution is -2.31. The second-order valence-electron chi connectivity index (χ2n) is 6.16. The molecule has 0 saturated carbocycles. The molecule has 1 amide bonds. The third-order valence-corrected chi connectivity index (χ3v) is 4.45. The summed E-state index contributed by atoms with van der Waals surface area (Å²) in [4.78, 5) is 23.0. The predicted octanol–water partition coefficient (Wildman–Crippen LogP) is 2.04. The van der Waals surface area contributed by atoms with Crippen LogP contribution in [0.2, 0.25) is 0 Å². The van der Waals surface area contributed by atoms with E-state index in [0.717, 1.165) is 18.7 Å². The van der Waals surface area contributed by atoms with Crippen LogP contribution in [0.4, 0.5) is 5.69 Å². The average molecular weight is 336 g/mol. The number of carbonyl (C=O) groups is 1. The van der Waals surface area contributed by atoms with E-state index in [0.29, 0.717) is 12.3 Å². The first-order valence-electron chi connectivity index (χ1n) is 8.60. The summed E-state index contributed by atoms with van der Waals surface area (Å²) in [5.74, 6) is 0.259. The van der Waals surface area contributed by atoms with E-state index >= 15 is 0 Å². The Morgan fingerprint density at radius 3 is 2.80 bits per heavy atom. The smallest absolute Gasteiger partial charge is 0.291 e. The first-order valence-corrected chi connectivity index (χ1v) is 8.60. The SMILES string of the molecule is O=C(NCc1ccccc1N1CCCCC1)c1nc2ncccn2n1. The minimum atomic E-state index is -0.293. The fraction of sp³-hybridized carbons (Fsp3) is 0.333. The second-order valence-corrected chi connectivity index (χ2v) is 6.16. The monoisotopic (exact) mass is 336 g/mol. The average Bonchev–Trinajstić information content (AvgIpc) is 3.11. The molecule has 4 rings (SSSR count). The molecule has 0 bridgehead atoms. The van der Waals surface area contributed by atoms with Gasteiger partial charge in [0.05, 0.1) is 0 Å². The van der Waals surface area contributed by atoms with E-state index in [1.54, 1.807) is 18.5 Å². The molecule has 2 aromatic heterocycles. The maximum absolute atomic E-state index is 12.4. The van der Waals surface area contributed by atoms with Crippen LogP contribution in [-0.4, -0.2) is 38.6 Å². The Hall–Kier alpha value is -2.96. The summed E-state index contributed by atoms with van der Waals surface area (Å²) in [7, 11) is 0. The van der Waals surface area contributed by atoms with Gasteiger partial charge in [0.25, 0.3) is 11.7 Å². The van der Waals surface area contributed by atoms with Gasteiger partial charge in [-0.25, -0.2) is 9.50 Å². The number of hydrogen-bond acceptors (Lipinski definition) is 5. The predicted molar refractivity (Wildman–Crippen MR) is 94.5 cm³/mol. The van der Waals surface area contributed by atoms with Gasteiger partial charge >= 0.3 is 0 Å². The summed E-state index contributed by atoms with van der Waals surface area (Å²) in [6, 6.07) is 9.98. The van der Waals surface area contributed by atoms with Crippen molar-refractivity contribution < 1.29 is 4.79 Å². The van der Waals surface area contributed by atoms with Gasteiger partial charge in [0.15, 0.2) is 0 Å². The zero-order valence-electron chi connectivity index (χ0n) is 13.9. The third kappa shape index (κ3) is 3.31. The molecule has 25 heavy (non-hydrogen) atoms. The molecule has 0 aliphatic carbocycles. The van der Waals surface area contributed by atoms with E-state index in [-0.39, 0.29) is 11.7 Å². The van der Waals surface area contributed by atoms with Gasteiger partial charge in [0.1, 0.15) is 0 Å². The highest BCUT2D eigenvalue weighted by atomic mass is 16.2. The Balaban J connectivity index is 1.48. The van der Waals surface area contributed by atoms with E-state index in [9.17, 15) is 4.79 Å². The Labute approximate surface area is 145 Å². The topological polar surface area (TPSA) is 75.4 Å². The summed E-state index contributed by atoms with van der Waals surface area (Å²) in [5, 5.41) is 7.08. The first kappa shape index (κ1) is 15.6. The molecule has 0 unspecified atom stereocenters. The zero-order valence-corrected chi connectivity index (χ0v) is 13.9. The highest BCUT2D eigenvalue weighted by Gasteiger charge is 2.16. The van der Waals surface area contributed by atoms with Crippen LogP contribution in [0.25, 0.3) is 5.78 Å². The number of nitrogens with one attached hydrogen (secondary N) is 1. The molecule has 128 valence electrons. The molecule has 1 saturated heterocycles. The van der Waals surface area contributed by atoms with Gasteiger partial charge in [0, 0.05) is 37.7 Å². The third-order valence-electron chi connectivity index (χ3n) is 4.45. The molecule has 1 aromatic carbocycles. The molecule has 7 heteroatoms. The summed E-state index contributed by atoms with van der Waals surface area (Å²) in [5.41, 5.74) is 2.31. The number of carbonyl (C=O) groups excluding carboxylic acids is 1. The first-order chi connectivity index (χ1) is 12.3. The van der Waals surface area contributed by atoms with E-state index in [1.807, 2.05) is 12.1 Å². The van der Waals surface area contributed by atoms with Gasteiger partial charge in [-0.3, -0.25) is 4.79 Å². The molecular formula is C18H20N6O. The summed E-state index contributed by atoms with van der Waals surface area (Å²) < 4.78 is 1.50. The van der Waals surface area contributed by atoms with Crippen LogP contribution in [0.15, 0.2) is 42.7 Å². The molecule has 1 aliphatic heterocycles. The standard InChI is InChI=1S/C18H20N6O/c25-17(16-21-18-19-9-6-12-24(18)22-16)20-13-14-7-2-3-8-15(14)23-10-4-1-5-11-23/h2-3,6-9,12H,1,4-5,10-11,13H2,(H,20,25). The summed E-state index contributed by atoms with van der Waals surface area (Å²) in [6.07, 6.45) is 7.08. The Morgan fingerprint density at radius 2 is 1.96 bits per heavy atom. The van der Waals surface area contributed by atoms with Crippen molar-refractivity contribution >= 4 is 17.4 Å². The van der Waals surface area contributed by atoms with Gasteiger partial charge in [-0.15, -0.1) is 5.10 Å². The number of piperidine rings is 1. The largest absolute Gasteiger partial charge is 0.371 e. The van der Waals surface area contributed by atoms with Gasteiger partial charge in [-0.2, -0.15) is 4.98 Å². The molecule has 1 aliphatic rings. The Morgan fingerprint density at radius 1 is 1.12 bits per heavy atom. The molecule has 0 atom stereocenters. The molecule has 0 spiro atoms. The van der Waals surface area contributed by atoms with Crippen molar-refractivity contribution in [2.24, 2.45) is 0 Å².